The van der Waals surface area contributed by atoms with Crippen molar-refractivity contribution in [3.8, 4) is 28.6 Å². The van der Waals surface area contributed by atoms with Crippen LogP contribution in [0.2, 0.25) is 0 Å². The van der Waals surface area contributed by atoms with Gasteiger partial charge in [0, 0.05) is 55.4 Å². The highest BCUT2D eigenvalue weighted by Crippen LogP contribution is 2.38. The Morgan fingerprint density at radius 1 is 0.763 bits per heavy atom. The predicted molar refractivity (Wildman–Crippen MR) is 140 cm³/mol. The second-order valence-electron chi connectivity index (χ2n) is 9.16. The highest BCUT2D eigenvalue weighted by Gasteiger charge is 2.30. The molecule has 1 aromatic heterocycles. The maximum atomic E-state index is 13.0. The monoisotopic (exact) mass is 526 g/mol. The molecule has 3 aromatic carbocycles. The van der Waals surface area contributed by atoms with E-state index in [-0.39, 0.29) is 0 Å². The number of ether oxygens (including phenoxy) is 3. The molecule has 0 radical (unpaired) electrons. The van der Waals surface area contributed by atoms with Crippen LogP contribution in [0.15, 0.2) is 65.1 Å². The van der Waals surface area contributed by atoms with Gasteiger partial charge in [0.15, 0.2) is 22.8 Å². The van der Waals surface area contributed by atoms with Crippen LogP contribution >= 0.6 is 0 Å². The first-order valence-corrected chi connectivity index (χ1v) is 12.3. The van der Waals surface area contributed by atoms with Gasteiger partial charge in [-0.2, -0.15) is 13.2 Å². The van der Waals surface area contributed by atoms with Gasteiger partial charge in [-0.05, 0) is 42.0 Å². The van der Waals surface area contributed by atoms with E-state index in [0.717, 1.165) is 54.9 Å². The zero-order valence-corrected chi connectivity index (χ0v) is 21.5. The Balaban J connectivity index is 1.34. The molecule has 1 aliphatic rings. The standard InChI is InChI=1S/C29H29F3N2O4/c1-35-24-11-9-22(16-27(24)37-3)34-14-12-33(13-15-34)18-20-6-10-25(36-2)28-23(20)17-26(38-28)19-4-7-21(8-5-19)29(30,31)32/h4-11,16-17H,12-15,18H2,1-3H3. The van der Waals surface area contributed by atoms with E-state index in [1.165, 1.54) is 12.1 Å². The van der Waals surface area contributed by atoms with Gasteiger partial charge in [-0.1, -0.05) is 18.2 Å². The van der Waals surface area contributed by atoms with Gasteiger partial charge in [0.2, 0.25) is 0 Å². The van der Waals surface area contributed by atoms with Crippen molar-refractivity contribution in [2.45, 2.75) is 12.7 Å². The van der Waals surface area contributed by atoms with Crippen LogP contribution in [0.3, 0.4) is 0 Å². The summed E-state index contributed by atoms with van der Waals surface area (Å²) in [4.78, 5) is 4.70. The van der Waals surface area contributed by atoms with Crippen molar-refractivity contribution in [3.05, 3.63) is 71.8 Å². The van der Waals surface area contributed by atoms with Gasteiger partial charge in [0.05, 0.1) is 26.9 Å². The average Bonchev–Trinajstić information content (AvgIpc) is 3.39. The van der Waals surface area contributed by atoms with E-state index in [1.807, 2.05) is 36.4 Å². The summed E-state index contributed by atoms with van der Waals surface area (Å²) < 4.78 is 61.4. The molecule has 1 aliphatic heterocycles. The minimum Gasteiger partial charge on any atom is -0.493 e. The van der Waals surface area contributed by atoms with Crippen LogP contribution in [0.25, 0.3) is 22.3 Å². The van der Waals surface area contributed by atoms with Crippen LogP contribution in [0.5, 0.6) is 17.2 Å². The number of benzene rings is 3. The smallest absolute Gasteiger partial charge is 0.416 e. The van der Waals surface area contributed by atoms with E-state index in [0.29, 0.717) is 40.7 Å². The van der Waals surface area contributed by atoms with Crippen LogP contribution < -0.4 is 19.1 Å². The summed E-state index contributed by atoms with van der Waals surface area (Å²) in [6, 6.07) is 16.7. The third-order valence-corrected chi connectivity index (χ3v) is 6.95. The number of alkyl halides is 3. The normalized spacial score (nSPS) is 14.6. The number of hydrogen-bond acceptors (Lipinski definition) is 6. The first-order valence-electron chi connectivity index (χ1n) is 12.3. The van der Waals surface area contributed by atoms with Gasteiger partial charge in [-0.25, -0.2) is 0 Å². The van der Waals surface area contributed by atoms with Crippen LogP contribution in [-0.4, -0.2) is 52.4 Å². The summed E-state index contributed by atoms with van der Waals surface area (Å²) in [6.07, 6.45) is -4.38. The van der Waals surface area contributed by atoms with Crippen LogP contribution in [0, 0.1) is 0 Å². The number of anilines is 1. The Bertz CT molecular complexity index is 1410. The summed E-state index contributed by atoms with van der Waals surface area (Å²) in [5.41, 5.74) is 2.63. The van der Waals surface area contributed by atoms with E-state index < -0.39 is 11.7 Å². The molecule has 200 valence electrons. The van der Waals surface area contributed by atoms with Gasteiger partial charge < -0.3 is 23.5 Å². The number of hydrogen-bond donors (Lipinski definition) is 0. The lowest BCUT2D eigenvalue weighted by molar-refractivity contribution is -0.137. The molecule has 0 atom stereocenters. The third-order valence-electron chi connectivity index (χ3n) is 6.95. The molecule has 6 nitrogen and oxygen atoms in total. The van der Waals surface area contributed by atoms with Crippen molar-refractivity contribution < 1.29 is 31.8 Å². The quantitative estimate of drug-likeness (QED) is 0.275. The zero-order valence-electron chi connectivity index (χ0n) is 21.5. The minimum atomic E-state index is -4.38. The van der Waals surface area contributed by atoms with Crippen LogP contribution in [-0.2, 0) is 12.7 Å². The SMILES string of the molecule is COc1ccc(N2CCN(Cc3ccc(OC)c4oc(-c5ccc(C(F)(F)F)cc5)cc34)CC2)cc1OC. The van der Waals surface area contributed by atoms with Gasteiger partial charge in [-0.15, -0.1) is 0 Å². The molecule has 2 heterocycles. The van der Waals surface area contributed by atoms with Crippen molar-refractivity contribution in [2.75, 3.05) is 52.4 Å². The summed E-state index contributed by atoms with van der Waals surface area (Å²) in [5.74, 6) is 2.49. The molecular weight excluding hydrogens is 497 g/mol. The number of methoxy groups -OCH3 is 3. The number of piperazine rings is 1. The predicted octanol–water partition coefficient (Wildman–Crippen LogP) is 6.47. The fourth-order valence-corrected chi connectivity index (χ4v) is 4.85. The maximum Gasteiger partial charge on any atom is 0.416 e. The summed E-state index contributed by atoms with van der Waals surface area (Å²) in [5, 5.41) is 0.890. The van der Waals surface area contributed by atoms with Gasteiger partial charge >= 0.3 is 6.18 Å². The first kappa shape index (κ1) is 25.8. The van der Waals surface area contributed by atoms with Gasteiger partial charge in [0.25, 0.3) is 0 Å². The van der Waals surface area contributed by atoms with Crippen molar-refractivity contribution in [1.29, 1.82) is 0 Å². The minimum absolute atomic E-state index is 0.498. The molecule has 9 heteroatoms. The molecule has 38 heavy (non-hydrogen) atoms. The second-order valence-corrected chi connectivity index (χ2v) is 9.16. The summed E-state index contributed by atoms with van der Waals surface area (Å²) >= 11 is 0. The lowest BCUT2D eigenvalue weighted by Gasteiger charge is -2.36. The number of halogens is 3. The van der Waals surface area contributed by atoms with E-state index in [4.69, 9.17) is 18.6 Å². The average molecular weight is 527 g/mol. The van der Waals surface area contributed by atoms with Gasteiger partial charge in [-0.3, -0.25) is 4.90 Å². The lowest BCUT2D eigenvalue weighted by Crippen LogP contribution is -2.46. The Morgan fingerprint density at radius 3 is 2.05 bits per heavy atom. The Hall–Kier alpha value is -3.85. The molecular formula is C29H29F3N2O4. The third kappa shape index (κ3) is 5.11. The topological polar surface area (TPSA) is 47.3 Å². The lowest BCUT2D eigenvalue weighted by atomic mass is 10.1. The molecule has 1 fully saturated rings. The maximum absolute atomic E-state index is 13.0. The molecule has 1 saturated heterocycles. The van der Waals surface area contributed by atoms with E-state index >= 15 is 0 Å². The highest BCUT2D eigenvalue weighted by atomic mass is 19.4. The zero-order chi connectivity index (χ0) is 26.9. The fourth-order valence-electron chi connectivity index (χ4n) is 4.85. The fraction of sp³-hybridized carbons (Fsp3) is 0.310. The molecule has 0 aliphatic carbocycles. The molecule has 5 rings (SSSR count). The van der Waals surface area contributed by atoms with E-state index in [9.17, 15) is 13.2 Å². The Labute approximate surface area is 219 Å². The molecule has 0 bridgehead atoms. The number of rotatable bonds is 7. The largest absolute Gasteiger partial charge is 0.493 e. The van der Waals surface area contributed by atoms with Crippen molar-refractivity contribution in [1.82, 2.24) is 4.90 Å². The number of nitrogens with zero attached hydrogens (tertiary/aromatic N) is 2. The van der Waals surface area contributed by atoms with Crippen LogP contribution in [0.1, 0.15) is 11.1 Å². The second kappa shape index (κ2) is 10.5. The molecule has 0 unspecified atom stereocenters. The Kier molecular flexibility index (Phi) is 7.12. The van der Waals surface area contributed by atoms with Crippen molar-refractivity contribution in [2.24, 2.45) is 0 Å². The van der Waals surface area contributed by atoms with Crippen molar-refractivity contribution in [3.63, 3.8) is 0 Å². The highest BCUT2D eigenvalue weighted by molar-refractivity contribution is 5.90. The van der Waals surface area contributed by atoms with E-state index in [1.54, 1.807) is 21.3 Å². The molecule has 0 amide bonds. The molecule has 0 saturated carbocycles. The first-order chi connectivity index (χ1) is 18.3. The van der Waals surface area contributed by atoms with Crippen molar-refractivity contribution >= 4 is 16.7 Å². The summed E-state index contributed by atoms with van der Waals surface area (Å²) in [6.45, 7) is 4.16. The van der Waals surface area contributed by atoms with Gasteiger partial charge in [0.1, 0.15) is 5.76 Å². The molecule has 0 N–H and O–H groups in total. The van der Waals surface area contributed by atoms with E-state index in [2.05, 4.69) is 9.80 Å². The Morgan fingerprint density at radius 2 is 1.42 bits per heavy atom. The number of fused-ring (bicyclic) bond motifs is 1. The van der Waals surface area contributed by atoms with Crippen LogP contribution in [0.4, 0.5) is 18.9 Å². The molecule has 0 spiro atoms. The molecule has 4 aromatic rings. The summed E-state index contributed by atoms with van der Waals surface area (Å²) in [7, 11) is 4.83. The number of furan rings is 1.